The average molecular weight is 256 g/mol. The fraction of sp³-hybridized carbons (Fsp3) is 0.900. The van der Waals surface area contributed by atoms with E-state index in [4.69, 9.17) is 0 Å². The molecule has 1 amide bonds. The number of rotatable bonds is 5. The zero-order valence-corrected chi connectivity index (χ0v) is 9.72. The fourth-order valence-electron chi connectivity index (χ4n) is 1.74. The molecule has 0 bridgehead atoms. The lowest BCUT2D eigenvalue weighted by Gasteiger charge is -2.29. The molecule has 0 aromatic carbocycles. The van der Waals surface area contributed by atoms with Crippen LogP contribution in [0.15, 0.2) is 0 Å². The van der Waals surface area contributed by atoms with Crippen molar-refractivity contribution < 1.29 is 22.4 Å². The summed E-state index contributed by atoms with van der Waals surface area (Å²) in [6.45, 7) is 2.44. The predicted molar refractivity (Wildman–Crippen MR) is 53.9 cm³/mol. The van der Waals surface area contributed by atoms with Crippen molar-refractivity contribution in [2.45, 2.75) is 38.8 Å². The van der Waals surface area contributed by atoms with E-state index >= 15 is 0 Å². The van der Waals surface area contributed by atoms with E-state index in [9.17, 15) is 22.4 Å². The second-order valence-corrected chi connectivity index (χ2v) is 4.61. The lowest BCUT2D eigenvalue weighted by Crippen LogP contribution is -2.47. The molecule has 1 rings (SSSR count). The smallest absolute Gasteiger partial charge is 0.320 e. The van der Waals surface area contributed by atoms with Gasteiger partial charge >= 0.3 is 12.3 Å². The molecule has 1 unspecified atom stereocenters. The van der Waals surface area contributed by atoms with Crippen LogP contribution in [0.25, 0.3) is 0 Å². The highest BCUT2D eigenvalue weighted by atomic mass is 19.3. The van der Waals surface area contributed by atoms with Gasteiger partial charge in [-0.25, -0.2) is 8.78 Å². The van der Waals surface area contributed by atoms with Crippen molar-refractivity contribution in [3.8, 4) is 0 Å². The minimum atomic E-state index is -4.16. The third kappa shape index (κ3) is 3.55. The number of carbonyl (C=O) groups is 1. The summed E-state index contributed by atoms with van der Waals surface area (Å²) >= 11 is 0. The fourth-order valence-corrected chi connectivity index (χ4v) is 1.74. The van der Waals surface area contributed by atoms with Gasteiger partial charge in [0, 0.05) is 0 Å². The molecule has 3 nitrogen and oxygen atoms in total. The highest BCUT2D eigenvalue weighted by Gasteiger charge is 2.46. The maximum absolute atomic E-state index is 12.9. The van der Waals surface area contributed by atoms with E-state index in [0.29, 0.717) is 6.42 Å². The van der Waals surface area contributed by atoms with Crippen LogP contribution in [-0.4, -0.2) is 42.4 Å². The van der Waals surface area contributed by atoms with Crippen molar-refractivity contribution >= 4 is 5.91 Å². The van der Waals surface area contributed by atoms with Crippen LogP contribution in [0.4, 0.5) is 17.6 Å². The van der Waals surface area contributed by atoms with Crippen molar-refractivity contribution in [2.75, 3.05) is 13.1 Å². The molecule has 1 heterocycles. The van der Waals surface area contributed by atoms with Gasteiger partial charge in [-0.05, 0) is 12.3 Å². The molecule has 100 valence electrons. The molecule has 1 aliphatic heterocycles. The summed E-state index contributed by atoms with van der Waals surface area (Å²) < 4.78 is 50.0. The van der Waals surface area contributed by atoms with Gasteiger partial charge in [-0.3, -0.25) is 10.1 Å². The maximum Gasteiger partial charge on any atom is 0.324 e. The van der Waals surface area contributed by atoms with E-state index in [1.54, 1.807) is 0 Å². The number of hydrogen-bond acceptors (Lipinski definition) is 2. The molecule has 0 spiro atoms. The monoisotopic (exact) mass is 256 g/mol. The Morgan fingerprint density at radius 3 is 2.53 bits per heavy atom. The topological polar surface area (TPSA) is 32.3 Å². The molecule has 7 heteroatoms. The number of nitrogens with one attached hydrogen (secondary N) is 1. The molecular weight excluding hydrogens is 240 g/mol. The number of amides is 1. The van der Waals surface area contributed by atoms with E-state index < -0.39 is 31.0 Å². The number of nitrogens with zero attached hydrogens (tertiary/aromatic N) is 1. The highest BCUT2D eigenvalue weighted by Crippen LogP contribution is 2.26. The molecule has 0 aromatic heterocycles. The molecule has 1 N–H and O–H groups in total. The first-order valence-electron chi connectivity index (χ1n) is 5.43. The zero-order valence-electron chi connectivity index (χ0n) is 9.72. The largest absolute Gasteiger partial charge is 0.324 e. The first kappa shape index (κ1) is 14.2. The Bertz CT molecular complexity index is 283. The van der Waals surface area contributed by atoms with E-state index in [1.807, 2.05) is 13.8 Å². The molecule has 1 atom stereocenters. The summed E-state index contributed by atoms with van der Waals surface area (Å²) in [4.78, 5) is 12.2. The quantitative estimate of drug-likeness (QED) is 0.759. The van der Waals surface area contributed by atoms with Crippen molar-refractivity contribution in [1.29, 1.82) is 0 Å². The summed E-state index contributed by atoms with van der Waals surface area (Å²) in [5, 5.41) is 2.75. The van der Waals surface area contributed by atoms with Gasteiger partial charge in [0.05, 0.1) is 19.3 Å². The van der Waals surface area contributed by atoms with Crippen molar-refractivity contribution in [3.63, 3.8) is 0 Å². The lowest BCUT2D eigenvalue weighted by atomic mass is 10.1. The summed E-state index contributed by atoms with van der Waals surface area (Å²) in [7, 11) is 0. The summed E-state index contributed by atoms with van der Waals surface area (Å²) in [5.41, 5.74) is 0. The van der Waals surface area contributed by atoms with Crippen LogP contribution < -0.4 is 5.32 Å². The van der Waals surface area contributed by atoms with E-state index in [0.717, 1.165) is 4.90 Å². The molecule has 0 radical (unpaired) electrons. The first-order chi connectivity index (χ1) is 7.74. The summed E-state index contributed by atoms with van der Waals surface area (Å²) in [5.74, 6) is -4.53. The van der Waals surface area contributed by atoms with E-state index in [2.05, 4.69) is 5.32 Å². The molecule has 1 fully saturated rings. The molecular formula is C10H16F4N2O. The molecule has 0 aliphatic carbocycles. The van der Waals surface area contributed by atoms with Gasteiger partial charge in [0.15, 0.2) is 0 Å². The lowest BCUT2D eigenvalue weighted by molar-refractivity contribution is -0.156. The van der Waals surface area contributed by atoms with Gasteiger partial charge in [-0.15, -0.1) is 0 Å². The van der Waals surface area contributed by atoms with Gasteiger partial charge in [-0.2, -0.15) is 8.78 Å². The third-order valence-corrected chi connectivity index (χ3v) is 2.58. The Hall–Kier alpha value is -0.850. The van der Waals surface area contributed by atoms with E-state index in [1.165, 1.54) is 0 Å². The van der Waals surface area contributed by atoms with Crippen LogP contribution in [0.1, 0.15) is 20.3 Å². The van der Waals surface area contributed by atoms with Crippen LogP contribution in [0, 0.1) is 5.92 Å². The molecule has 0 aromatic rings. The number of carbonyl (C=O) groups excluding carboxylic acids is 1. The van der Waals surface area contributed by atoms with Crippen LogP contribution >= 0.6 is 0 Å². The standard InChI is InChI=1S/C10H16F4N2O/c1-6(2)3-7-15-4-8(17)16(7)5-10(13,14)9(11)12/h6-7,9,15H,3-5H2,1-2H3. The van der Waals surface area contributed by atoms with Crippen molar-refractivity contribution in [3.05, 3.63) is 0 Å². The van der Waals surface area contributed by atoms with Crippen LogP contribution in [0.3, 0.4) is 0 Å². The van der Waals surface area contributed by atoms with Gasteiger partial charge in [0.1, 0.15) is 0 Å². The van der Waals surface area contributed by atoms with Crippen LogP contribution in [-0.2, 0) is 4.79 Å². The van der Waals surface area contributed by atoms with Crippen LogP contribution in [0.2, 0.25) is 0 Å². The highest BCUT2D eigenvalue weighted by molar-refractivity contribution is 5.80. The zero-order chi connectivity index (χ0) is 13.2. The Kier molecular flexibility index (Phi) is 4.35. The Labute approximate surface area is 97.2 Å². The van der Waals surface area contributed by atoms with Crippen molar-refractivity contribution in [1.82, 2.24) is 10.2 Å². The normalized spacial score (nSPS) is 22.0. The van der Waals surface area contributed by atoms with Gasteiger partial charge in [0.2, 0.25) is 5.91 Å². The first-order valence-corrected chi connectivity index (χ1v) is 5.43. The number of halogens is 4. The molecule has 0 saturated carbocycles. The average Bonchev–Trinajstić information content (AvgIpc) is 2.48. The third-order valence-electron chi connectivity index (χ3n) is 2.58. The molecule has 17 heavy (non-hydrogen) atoms. The maximum atomic E-state index is 12.9. The van der Waals surface area contributed by atoms with E-state index in [-0.39, 0.29) is 12.5 Å². The SMILES string of the molecule is CC(C)CC1NCC(=O)N1CC(F)(F)C(F)F. The van der Waals surface area contributed by atoms with Gasteiger partial charge in [0.25, 0.3) is 0 Å². The second kappa shape index (κ2) is 5.20. The molecule has 1 saturated heterocycles. The number of hydrogen-bond donors (Lipinski definition) is 1. The number of alkyl halides is 4. The minimum absolute atomic E-state index is 0.0727. The molecule has 1 aliphatic rings. The Morgan fingerprint density at radius 1 is 1.47 bits per heavy atom. The Morgan fingerprint density at radius 2 is 2.06 bits per heavy atom. The minimum Gasteiger partial charge on any atom is -0.320 e. The Balaban J connectivity index is 2.69. The predicted octanol–water partition coefficient (Wildman–Crippen LogP) is 1.69. The van der Waals surface area contributed by atoms with Gasteiger partial charge < -0.3 is 4.90 Å². The van der Waals surface area contributed by atoms with Gasteiger partial charge in [-0.1, -0.05) is 13.8 Å². The van der Waals surface area contributed by atoms with Crippen molar-refractivity contribution in [2.24, 2.45) is 5.92 Å². The van der Waals surface area contributed by atoms with Crippen LogP contribution in [0.5, 0.6) is 0 Å². The second-order valence-electron chi connectivity index (χ2n) is 4.61. The summed E-state index contributed by atoms with van der Waals surface area (Å²) in [6.07, 6.45) is -3.87. The summed E-state index contributed by atoms with van der Waals surface area (Å²) in [6, 6.07) is 0.